The zero-order valence-electron chi connectivity index (χ0n) is 19.6. The highest BCUT2D eigenvalue weighted by atomic mass is 16.5. The van der Waals surface area contributed by atoms with Crippen molar-refractivity contribution in [2.75, 3.05) is 48.8 Å². The average molecular weight is 447 g/mol. The maximum Gasteiger partial charge on any atom is 0.321 e. The van der Waals surface area contributed by atoms with Gasteiger partial charge in [0.2, 0.25) is 5.95 Å². The molecule has 8 heteroatoms. The molecule has 0 unspecified atom stereocenters. The quantitative estimate of drug-likeness (QED) is 0.600. The number of carbonyl (C=O) groups is 1. The zero-order chi connectivity index (χ0) is 23.4. The third-order valence-electron chi connectivity index (χ3n) is 5.69. The van der Waals surface area contributed by atoms with Gasteiger partial charge in [0.05, 0.1) is 7.11 Å². The van der Waals surface area contributed by atoms with Crippen LogP contribution < -0.4 is 20.3 Å². The van der Waals surface area contributed by atoms with Crippen LogP contribution in [0.4, 0.5) is 27.9 Å². The average Bonchev–Trinajstić information content (AvgIpc) is 2.81. The number of hydrogen-bond acceptors (Lipinski definition) is 6. The number of rotatable bonds is 5. The van der Waals surface area contributed by atoms with Gasteiger partial charge in [0.15, 0.2) is 0 Å². The fraction of sp³-hybridized carbons (Fsp3) is 0.320. The lowest BCUT2D eigenvalue weighted by Gasteiger charge is -2.35. The lowest BCUT2D eigenvalue weighted by molar-refractivity contribution is 0.208. The first-order valence-corrected chi connectivity index (χ1v) is 11.1. The zero-order valence-corrected chi connectivity index (χ0v) is 19.6. The van der Waals surface area contributed by atoms with Crippen LogP contribution in [0.2, 0.25) is 0 Å². The van der Waals surface area contributed by atoms with Crippen LogP contribution in [0.25, 0.3) is 0 Å². The van der Waals surface area contributed by atoms with E-state index in [0.29, 0.717) is 32.1 Å². The van der Waals surface area contributed by atoms with Crippen molar-refractivity contribution in [1.29, 1.82) is 0 Å². The van der Waals surface area contributed by atoms with Gasteiger partial charge in [-0.2, -0.15) is 4.98 Å². The Labute approximate surface area is 194 Å². The number of anilines is 4. The monoisotopic (exact) mass is 446 g/mol. The smallest absolute Gasteiger partial charge is 0.321 e. The summed E-state index contributed by atoms with van der Waals surface area (Å²) in [5.74, 6) is 2.21. The van der Waals surface area contributed by atoms with Crippen LogP contribution in [0, 0.1) is 20.8 Å². The topological polar surface area (TPSA) is 82.6 Å². The summed E-state index contributed by atoms with van der Waals surface area (Å²) in [6.45, 7) is 8.53. The molecule has 0 radical (unpaired) electrons. The number of nitrogens with one attached hydrogen (secondary N) is 2. The molecule has 3 aromatic rings. The number of carbonyl (C=O) groups excluding carboxylic acids is 1. The Hall–Kier alpha value is -3.81. The lowest BCUT2D eigenvalue weighted by atomic mass is 10.1. The molecule has 0 bridgehead atoms. The van der Waals surface area contributed by atoms with Gasteiger partial charge in [0.1, 0.15) is 11.6 Å². The molecule has 1 saturated heterocycles. The van der Waals surface area contributed by atoms with Gasteiger partial charge in [-0.05, 0) is 62.2 Å². The molecule has 2 N–H and O–H groups in total. The number of urea groups is 1. The summed E-state index contributed by atoms with van der Waals surface area (Å²) in [6, 6.07) is 15.6. The van der Waals surface area contributed by atoms with Crippen LogP contribution in [0.1, 0.15) is 16.8 Å². The summed E-state index contributed by atoms with van der Waals surface area (Å²) in [6.07, 6.45) is 0. The van der Waals surface area contributed by atoms with Crippen molar-refractivity contribution in [2.24, 2.45) is 0 Å². The normalized spacial score (nSPS) is 13.6. The Morgan fingerprint density at radius 3 is 2.36 bits per heavy atom. The first-order valence-electron chi connectivity index (χ1n) is 11.1. The largest absolute Gasteiger partial charge is 0.497 e. The van der Waals surface area contributed by atoms with Crippen LogP contribution >= 0.6 is 0 Å². The molecule has 1 aromatic heterocycles. The fourth-order valence-electron chi connectivity index (χ4n) is 3.75. The summed E-state index contributed by atoms with van der Waals surface area (Å²) in [5, 5.41) is 6.38. The van der Waals surface area contributed by atoms with Gasteiger partial charge in [0, 0.05) is 49.3 Å². The summed E-state index contributed by atoms with van der Waals surface area (Å²) in [4.78, 5) is 26.1. The molecule has 0 saturated carbocycles. The van der Waals surface area contributed by atoms with Crippen molar-refractivity contribution >= 4 is 29.2 Å². The van der Waals surface area contributed by atoms with Gasteiger partial charge >= 0.3 is 6.03 Å². The molecule has 2 amide bonds. The highest BCUT2D eigenvalue weighted by Gasteiger charge is 2.23. The van der Waals surface area contributed by atoms with Gasteiger partial charge in [-0.1, -0.05) is 12.1 Å². The molecule has 0 atom stereocenters. The van der Waals surface area contributed by atoms with E-state index in [-0.39, 0.29) is 6.03 Å². The SMILES string of the molecule is COc1ccc(Nc2cc(C)nc(N3CCN(C(=O)Nc4cc(C)ccc4C)CC3)n2)cc1. The molecule has 1 aliphatic heterocycles. The Balaban J connectivity index is 1.38. The van der Waals surface area contributed by atoms with Gasteiger partial charge in [-0.25, -0.2) is 9.78 Å². The second-order valence-corrected chi connectivity index (χ2v) is 8.27. The molecule has 33 heavy (non-hydrogen) atoms. The predicted octanol–water partition coefficient (Wildman–Crippen LogP) is 4.51. The summed E-state index contributed by atoms with van der Waals surface area (Å²) < 4.78 is 5.21. The number of piperazine rings is 1. The Morgan fingerprint density at radius 2 is 1.67 bits per heavy atom. The second kappa shape index (κ2) is 9.77. The minimum Gasteiger partial charge on any atom is -0.497 e. The molecule has 1 fully saturated rings. The van der Waals surface area contributed by atoms with Crippen LogP contribution in [0.5, 0.6) is 5.75 Å². The van der Waals surface area contributed by atoms with E-state index in [0.717, 1.165) is 39.8 Å². The minimum atomic E-state index is -0.0737. The van der Waals surface area contributed by atoms with E-state index in [1.807, 2.05) is 74.2 Å². The first-order chi connectivity index (χ1) is 15.9. The number of hydrogen-bond donors (Lipinski definition) is 2. The second-order valence-electron chi connectivity index (χ2n) is 8.27. The van der Waals surface area contributed by atoms with Crippen LogP contribution in [-0.4, -0.2) is 54.2 Å². The number of amides is 2. The standard InChI is InChI=1S/C25H30N6O2/c1-17-5-6-18(2)22(15-17)28-25(32)31-13-11-30(12-14-31)24-26-19(3)16-23(29-24)27-20-7-9-21(33-4)10-8-20/h5-10,15-16H,11-14H2,1-4H3,(H,28,32)(H,26,27,29). The van der Waals surface area contributed by atoms with E-state index in [4.69, 9.17) is 9.72 Å². The first kappa shape index (κ1) is 22.4. The Bertz CT molecular complexity index is 1120. The molecule has 2 heterocycles. The molecule has 0 aliphatic carbocycles. The molecule has 172 valence electrons. The third-order valence-corrected chi connectivity index (χ3v) is 5.69. The summed E-state index contributed by atoms with van der Waals surface area (Å²) in [7, 11) is 1.65. The number of aromatic nitrogens is 2. The van der Waals surface area contributed by atoms with E-state index in [1.165, 1.54) is 0 Å². The van der Waals surface area contributed by atoms with E-state index >= 15 is 0 Å². The molecule has 1 aliphatic rings. The minimum absolute atomic E-state index is 0.0737. The fourth-order valence-corrected chi connectivity index (χ4v) is 3.75. The molecule has 8 nitrogen and oxygen atoms in total. The van der Waals surface area contributed by atoms with E-state index < -0.39 is 0 Å². The highest BCUT2D eigenvalue weighted by molar-refractivity contribution is 5.90. The van der Waals surface area contributed by atoms with E-state index in [9.17, 15) is 4.79 Å². The van der Waals surface area contributed by atoms with Crippen molar-refractivity contribution in [2.45, 2.75) is 20.8 Å². The number of nitrogens with zero attached hydrogens (tertiary/aromatic N) is 4. The van der Waals surface area contributed by atoms with Crippen molar-refractivity contribution in [3.63, 3.8) is 0 Å². The van der Waals surface area contributed by atoms with Crippen LogP contribution in [0.3, 0.4) is 0 Å². The van der Waals surface area contributed by atoms with Gasteiger partial charge < -0.3 is 25.2 Å². The summed E-state index contributed by atoms with van der Waals surface area (Å²) in [5.41, 5.74) is 4.84. The highest BCUT2D eigenvalue weighted by Crippen LogP contribution is 2.22. The lowest BCUT2D eigenvalue weighted by Crippen LogP contribution is -2.50. The number of methoxy groups -OCH3 is 1. The Morgan fingerprint density at radius 1 is 0.939 bits per heavy atom. The Kier molecular flexibility index (Phi) is 6.63. The van der Waals surface area contributed by atoms with Gasteiger partial charge in [0.25, 0.3) is 0 Å². The van der Waals surface area contributed by atoms with Crippen molar-refractivity contribution in [3.8, 4) is 5.75 Å². The van der Waals surface area contributed by atoms with E-state index in [1.54, 1.807) is 7.11 Å². The van der Waals surface area contributed by atoms with Crippen molar-refractivity contribution < 1.29 is 9.53 Å². The maximum atomic E-state index is 12.8. The van der Waals surface area contributed by atoms with Crippen LogP contribution in [-0.2, 0) is 0 Å². The molecule has 4 rings (SSSR count). The number of ether oxygens (including phenoxy) is 1. The van der Waals surface area contributed by atoms with Crippen molar-refractivity contribution in [3.05, 3.63) is 65.4 Å². The number of aryl methyl sites for hydroxylation is 3. The van der Waals surface area contributed by atoms with Crippen LogP contribution in [0.15, 0.2) is 48.5 Å². The predicted molar refractivity (Wildman–Crippen MR) is 132 cm³/mol. The molecule has 0 spiro atoms. The van der Waals surface area contributed by atoms with Crippen molar-refractivity contribution in [1.82, 2.24) is 14.9 Å². The molecular formula is C25H30N6O2. The van der Waals surface area contributed by atoms with Gasteiger partial charge in [-0.3, -0.25) is 0 Å². The summed E-state index contributed by atoms with van der Waals surface area (Å²) >= 11 is 0. The van der Waals surface area contributed by atoms with E-state index in [2.05, 4.69) is 20.5 Å². The van der Waals surface area contributed by atoms with Gasteiger partial charge in [-0.15, -0.1) is 0 Å². The molecular weight excluding hydrogens is 416 g/mol. The number of benzene rings is 2. The molecule has 2 aromatic carbocycles. The maximum absolute atomic E-state index is 12.8. The third kappa shape index (κ3) is 5.52.